The predicted molar refractivity (Wildman–Crippen MR) is 75.0 cm³/mol. The summed E-state index contributed by atoms with van der Waals surface area (Å²) in [5.74, 6) is 0.00673. The van der Waals surface area contributed by atoms with Crippen molar-refractivity contribution in [3.63, 3.8) is 0 Å². The number of rotatable bonds is 4. The van der Waals surface area contributed by atoms with Gasteiger partial charge in [0.15, 0.2) is 11.6 Å². The summed E-state index contributed by atoms with van der Waals surface area (Å²) >= 11 is 0. The van der Waals surface area contributed by atoms with Crippen molar-refractivity contribution in [1.82, 2.24) is 10.2 Å². The average molecular weight is 266 g/mol. The van der Waals surface area contributed by atoms with E-state index >= 15 is 0 Å². The van der Waals surface area contributed by atoms with Gasteiger partial charge in [-0.2, -0.15) is 0 Å². The normalized spacial score (nSPS) is 19.4. The minimum absolute atomic E-state index is 0.211. The fraction of sp³-hybridized carbons (Fsp3) is 0.600. The molecule has 1 aromatic rings. The lowest BCUT2D eigenvalue weighted by Gasteiger charge is -2.31. The number of likely N-dealkylation sites (tertiary alicyclic amines) is 1. The van der Waals surface area contributed by atoms with Crippen LogP contribution >= 0.6 is 0 Å². The first-order valence-electron chi connectivity index (χ1n) is 6.88. The molecule has 1 aliphatic heterocycles. The second-order valence-corrected chi connectivity index (χ2v) is 5.36. The molecule has 1 atom stereocenters. The first-order chi connectivity index (χ1) is 9.10. The summed E-state index contributed by atoms with van der Waals surface area (Å²) in [7, 11) is 3.65. The van der Waals surface area contributed by atoms with Crippen LogP contribution in [0.2, 0.25) is 0 Å². The molecule has 1 N–H and O–H groups in total. The number of hydrogen-bond acceptors (Lipinski definition) is 3. The maximum Gasteiger partial charge on any atom is 0.165 e. The Morgan fingerprint density at radius 1 is 1.37 bits per heavy atom. The maximum atomic E-state index is 13.4. The lowest BCUT2D eigenvalue weighted by molar-refractivity contribution is 0.226. The first kappa shape index (κ1) is 14.3. The molecule has 1 unspecified atom stereocenters. The highest BCUT2D eigenvalue weighted by atomic mass is 19.1. The molecule has 19 heavy (non-hydrogen) atoms. The van der Waals surface area contributed by atoms with Crippen LogP contribution in [0.15, 0.2) is 18.2 Å². The van der Waals surface area contributed by atoms with Crippen LogP contribution in [0, 0.1) is 5.82 Å². The first-order valence-corrected chi connectivity index (χ1v) is 6.88. The topological polar surface area (TPSA) is 24.5 Å². The van der Waals surface area contributed by atoms with E-state index in [2.05, 4.69) is 24.2 Å². The van der Waals surface area contributed by atoms with Gasteiger partial charge in [0.25, 0.3) is 0 Å². The Labute approximate surface area is 114 Å². The van der Waals surface area contributed by atoms with Gasteiger partial charge in [0.05, 0.1) is 7.11 Å². The summed E-state index contributed by atoms with van der Waals surface area (Å²) in [6.07, 6.45) is 2.33. The minimum atomic E-state index is -0.308. The summed E-state index contributed by atoms with van der Waals surface area (Å²) in [4.78, 5) is 2.35. The molecule has 1 aromatic carbocycles. The zero-order valence-electron chi connectivity index (χ0n) is 11.9. The molecule has 4 heteroatoms. The van der Waals surface area contributed by atoms with Crippen LogP contribution in [0.3, 0.4) is 0 Å². The van der Waals surface area contributed by atoms with Crippen molar-refractivity contribution in [2.45, 2.75) is 31.8 Å². The third-order valence-corrected chi connectivity index (χ3v) is 3.88. The molecule has 1 aliphatic rings. The number of methoxy groups -OCH3 is 1. The van der Waals surface area contributed by atoms with Crippen LogP contribution in [0.1, 0.15) is 31.4 Å². The van der Waals surface area contributed by atoms with Gasteiger partial charge in [0.2, 0.25) is 0 Å². The predicted octanol–water partition coefficient (Wildman–Crippen LogP) is 2.58. The molecule has 0 amide bonds. The molecule has 1 saturated heterocycles. The van der Waals surface area contributed by atoms with Gasteiger partial charge in [0, 0.05) is 12.1 Å². The van der Waals surface area contributed by atoms with Gasteiger partial charge in [-0.3, -0.25) is 0 Å². The highest BCUT2D eigenvalue weighted by Crippen LogP contribution is 2.23. The van der Waals surface area contributed by atoms with Crippen molar-refractivity contribution in [2.75, 3.05) is 27.2 Å². The molecule has 3 nitrogen and oxygen atoms in total. The van der Waals surface area contributed by atoms with E-state index in [1.807, 2.05) is 6.07 Å². The number of ether oxygens (including phenoxy) is 1. The second kappa shape index (κ2) is 6.35. The van der Waals surface area contributed by atoms with Gasteiger partial charge in [-0.25, -0.2) is 4.39 Å². The van der Waals surface area contributed by atoms with Crippen LogP contribution in [-0.4, -0.2) is 38.2 Å². The molecule has 0 radical (unpaired) electrons. The van der Waals surface area contributed by atoms with E-state index in [0.29, 0.717) is 11.8 Å². The summed E-state index contributed by atoms with van der Waals surface area (Å²) in [5, 5.41) is 3.62. The smallest absolute Gasteiger partial charge is 0.165 e. The van der Waals surface area contributed by atoms with E-state index in [-0.39, 0.29) is 11.9 Å². The largest absolute Gasteiger partial charge is 0.494 e. The average Bonchev–Trinajstić information content (AvgIpc) is 2.42. The summed E-state index contributed by atoms with van der Waals surface area (Å²) in [6.45, 7) is 4.39. The third kappa shape index (κ3) is 3.67. The maximum absolute atomic E-state index is 13.4. The minimum Gasteiger partial charge on any atom is -0.494 e. The zero-order valence-corrected chi connectivity index (χ0v) is 11.9. The Morgan fingerprint density at radius 3 is 2.68 bits per heavy atom. The fourth-order valence-corrected chi connectivity index (χ4v) is 2.57. The summed E-state index contributed by atoms with van der Waals surface area (Å²) < 4.78 is 18.4. The lowest BCUT2D eigenvalue weighted by atomic mass is 10.0. The van der Waals surface area contributed by atoms with Gasteiger partial charge < -0.3 is 15.0 Å². The Kier molecular flexibility index (Phi) is 4.77. The Morgan fingerprint density at radius 2 is 2.05 bits per heavy atom. The molecular weight excluding hydrogens is 243 g/mol. The van der Waals surface area contributed by atoms with Crippen molar-refractivity contribution >= 4 is 0 Å². The zero-order chi connectivity index (χ0) is 13.8. The van der Waals surface area contributed by atoms with Crippen molar-refractivity contribution < 1.29 is 9.13 Å². The van der Waals surface area contributed by atoms with Crippen LogP contribution < -0.4 is 10.1 Å². The number of benzene rings is 1. The number of hydrogen-bond donors (Lipinski definition) is 1. The fourth-order valence-electron chi connectivity index (χ4n) is 2.57. The molecule has 1 heterocycles. The SMILES string of the molecule is COc1cc(C(C)NC2CCN(C)CC2)ccc1F. The second-order valence-electron chi connectivity index (χ2n) is 5.36. The summed E-state index contributed by atoms with van der Waals surface area (Å²) in [6, 6.07) is 5.83. The lowest BCUT2D eigenvalue weighted by Crippen LogP contribution is -2.41. The number of nitrogens with one attached hydrogen (secondary N) is 1. The summed E-state index contributed by atoms with van der Waals surface area (Å²) in [5.41, 5.74) is 1.07. The van der Waals surface area contributed by atoms with Gasteiger partial charge in [-0.1, -0.05) is 6.07 Å². The van der Waals surface area contributed by atoms with Gasteiger partial charge in [-0.15, -0.1) is 0 Å². The quantitative estimate of drug-likeness (QED) is 0.906. The molecule has 0 spiro atoms. The third-order valence-electron chi connectivity index (χ3n) is 3.88. The van der Waals surface area contributed by atoms with Gasteiger partial charge in [0.1, 0.15) is 0 Å². The molecule has 0 aromatic heterocycles. The van der Waals surface area contributed by atoms with Crippen molar-refractivity contribution in [2.24, 2.45) is 0 Å². The van der Waals surface area contributed by atoms with Crippen molar-refractivity contribution in [3.05, 3.63) is 29.6 Å². The molecule has 106 valence electrons. The van der Waals surface area contributed by atoms with Crippen LogP contribution in [0.4, 0.5) is 4.39 Å². The van der Waals surface area contributed by atoms with Gasteiger partial charge >= 0.3 is 0 Å². The standard InChI is InChI=1S/C15H23FN2O/c1-11(17-13-6-8-18(2)9-7-13)12-4-5-14(16)15(10-12)19-3/h4-5,10-11,13,17H,6-9H2,1-3H3. The van der Waals surface area contributed by atoms with E-state index in [4.69, 9.17) is 4.74 Å². The Balaban J connectivity index is 1.97. The molecule has 0 bridgehead atoms. The van der Waals surface area contributed by atoms with Crippen LogP contribution in [0.5, 0.6) is 5.75 Å². The Hall–Kier alpha value is -1.13. The molecule has 0 aliphatic carbocycles. The van der Waals surface area contributed by atoms with Crippen LogP contribution in [0.25, 0.3) is 0 Å². The van der Waals surface area contributed by atoms with Gasteiger partial charge in [-0.05, 0) is 57.6 Å². The number of halogens is 1. The van der Waals surface area contributed by atoms with E-state index < -0.39 is 0 Å². The molecule has 0 saturated carbocycles. The molecular formula is C15H23FN2O. The number of piperidine rings is 1. The molecule has 2 rings (SSSR count). The van der Waals surface area contributed by atoms with Crippen LogP contribution in [-0.2, 0) is 0 Å². The van der Waals surface area contributed by atoms with E-state index in [1.54, 1.807) is 6.07 Å². The highest BCUT2D eigenvalue weighted by molar-refractivity contribution is 5.32. The van der Waals surface area contributed by atoms with Crippen molar-refractivity contribution in [3.8, 4) is 5.75 Å². The number of nitrogens with zero attached hydrogens (tertiary/aromatic N) is 1. The monoisotopic (exact) mass is 266 g/mol. The van der Waals surface area contributed by atoms with Crippen molar-refractivity contribution in [1.29, 1.82) is 0 Å². The van der Waals surface area contributed by atoms with E-state index in [0.717, 1.165) is 18.7 Å². The molecule has 1 fully saturated rings. The van der Waals surface area contributed by atoms with E-state index in [1.165, 1.54) is 26.0 Å². The van der Waals surface area contributed by atoms with E-state index in [9.17, 15) is 4.39 Å². The highest BCUT2D eigenvalue weighted by Gasteiger charge is 2.19. The Bertz CT molecular complexity index is 417.